The number of fused-ring (bicyclic) bond motifs is 1. The molecule has 0 saturated heterocycles. The number of allylic oxidation sites excluding steroid dienone is 2. The van der Waals surface area contributed by atoms with E-state index < -0.39 is 0 Å². The Morgan fingerprint density at radius 3 is 3.18 bits per heavy atom. The molecule has 1 fully saturated rings. The van der Waals surface area contributed by atoms with E-state index in [0.717, 1.165) is 25.2 Å². The summed E-state index contributed by atoms with van der Waals surface area (Å²) in [5.41, 5.74) is 1.45. The highest BCUT2D eigenvalue weighted by molar-refractivity contribution is 5.81. The minimum Gasteiger partial charge on any atom is -0.299 e. The van der Waals surface area contributed by atoms with Crippen molar-refractivity contribution in [1.29, 1.82) is 0 Å². The molecule has 0 aromatic rings. The van der Waals surface area contributed by atoms with Gasteiger partial charge in [-0.2, -0.15) is 0 Å². The van der Waals surface area contributed by atoms with Gasteiger partial charge in [0.25, 0.3) is 0 Å². The van der Waals surface area contributed by atoms with E-state index in [0.29, 0.717) is 5.78 Å². The molecule has 0 aromatic heterocycles. The molecule has 0 N–H and O–H groups in total. The van der Waals surface area contributed by atoms with Crippen molar-refractivity contribution in [3.05, 3.63) is 11.6 Å². The highest BCUT2D eigenvalue weighted by Crippen LogP contribution is 2.35. The molecule has 2 aliphatic carbocycles. The van der Waals surface area contributed by atoms with Crippen molar-refractivity contribution < 1.29 is 4.79 Å². The van der Waals surface area contributed by atoms with Gasteiger partial charge in [-0.05, 0) is 31.6 Å². The summed E-state index contributed by atoms with van der Waals surface area (Å²) in [6.45, 7) is 0. The Morgan fingerprint density at radius 1 is 1.36 bits per heavy atom. The maximum Gasteiger partial charge on any atom is 0.136 e. The second kappa shape index (κ2) is 2.80. The molecule has 1 saturated carbocycles. The predicted octanol–water partition coefficient (Wildman–Crippen LogP) is 2.47. The first kappa shape index (κ1) is 7.08. The average Bonchev–Trinajstić information content (AvgIpc) is 2.31. The van der Waals surface area contributed by atoms with Crippen molar-refractivity contribution >= 4 is 5.78 Å². The van der Waals surface area contributed by atoms with E-state index in [1.165, 1.54) is 24.8 Å². The van der Waals surface area contributed by atoms with Gasteiger partial charge in [-0.1, -0.05) is 11.6 Å². The van der Waals surface area contributed by atoms with Gasteiger partial charge in [0.2, 0.25) is 0 Å². The Bertz CT molecular complexity index is 203. The lowest BCUT2D eigenvalue weighted by Crippen LogP contribution is -1.98. The Hall–Kier alpha value is -0.590. The first-order valence-electron chi connectivity index (χ1n) is 4.57. The predicted molar refractivity (Wildman–Crippen MR) is 44.3 cm³/mol. The molecule has 1 nitrogen and oxygen atoms in total. The van der Waals surface area contributed by atoms with Crippen LogP contribution in [-0.4, -0.2) is 5.78 Å². The molecule has 0 amide bonds. The van der Waals surface area contributed by atoms with Crippen LogP contribution in [0, 0.1) is 5.92 Å². The molecule has 0 spiro atoms. The summed E-state index contributed by atoms with van der Waals surface area (Å²) in [5.74, 6) is 1.24. The summed E-state index contributed by atoms with van der Waals surface area (Å²) in [6.07, 6.45) is 8.79. The topological polar surface area (TPSA) is 17.1 Å². The molecule has 0 heterocycles. The van der Waals surface area contributed by atoms with Gasteiger partial charge in [-0.25, -0.2) is 0 Å². The summed E-state index contributed by atoms with van der Waals surface area (Å²) in [6, 6.07) is 0. The van der Waals surface area contributed by atoms with Crippen molar-refractivity contribution in [2.24, 2.45) is 5.92 Å². The second-order valence-electron chi connectivity index (χ2n) is 3.66. The molecular weight excluding hydrogens is 136 g/mol. The molecule has 1 heteroatoms. The lowest BCUT2D eigenvalue weighted by Gasteiger charge is -2.08. The third-order valence-electron chi connectivity index (χ3n) is 2.86. The maximum absolute atomic E-state index is 11.2. The zero-order valence-electron chi connectivity index (χ0n) is 6.81. The van der Waals surface area contributed by atoms with Crippen molar-refractivity contribution in [2.45, 2.75) is 38.5 Å². The fourth-order valence-corrected chi connectivity index (χ4v) is 2.23. The van der Waals surface area contributed by atoms with Gasteiger partial charge < -0.3 is 0 Å². The van der Waals surface area contributed by atoms with E-state index in [2.05, 4.69) is 6.08 Å². The fourth-order valence-electron chi connectivity index (χ4n) is 2.23. The van der Waals surface area contributed by atoms with Crippen LogP contribution in [0.3, 0.4) is 0 Å². The quantitative estimate of drug-likeness (QED) is 0.485. The molecule has 0 radical (unpaired) electrons. The molecule has 1 atom stereocenters. The summed E-state index contributed by atoms with van der Waals surface area (Å²) in [5, 5.41) is 0. The number of hydrogen-bond acceptors (Lipinski definition) is 1. The van der Waals surface area contributed by atoms with Gasteiger partial charge in [-0.15, -0.1) is 0 Å². The zero-order valence-corrected chi connectivity index (χ0v) is 6.81. The first-order valence-corrected chi connectivity index (χ1v) is 4.57. The van der Waals surface area contributed by atoms with Crippen LogP contribution in [-0.2, 0) is 4.79 Å². The summed E-state index contributed by atoms with van der Waals surface area (Å²) >= 11 is 0. The van der Waals surface area contributed by atoms with E-state index in [1.54, 1.807) is 0 Å². The van der Waals surface area contributed by atoms with Crippen LogP contribution in [0.1, 0.15) is 38.5 Å². The summed E-state index contributed by atoms with van der Waals surface area (Å²) in [4.78, 5) is 11.2. The Morgan fingerprint density at radius 2 is 2.27 bits per heavy atom. The van der Waals surface area contributed by atoms with E-state index in [-0.39, 0.29) is 0 Å². The number of ketones is 1. The van der Waals surface area contributed by atoms with Gasteiger partial charge in [0, 0.05) is 12.8 Å². The standard InChI is InChI=1S/C10H14O/c11-10-6-2-4-8-3-1-5-9(8)7-10/h5,8H,1-4,6-7H2. The van der Waals surface area contributed by atoms with Crippen LogP contribution < -0.4 is 0 Å². The normalized spacial score (nSPS) is 31.1. The summed E-state index contributed by atoms with van der Waals surface area (Å²) < 4.78 is 0. The Balaban J connectivity index is 2.13. The van der Waals surface area contributed by atoms with Gasteiger partial charge in [0.15, 0.2) is 0 Å². The smallest absolute Gasteiger partial charge is 0.136 e. The monoisotopic (exact) mass is 150 g/mol. The summed E-state index contributed by atoms with van der Waals surface area (Å²) in [7, 11) is 0. The van der Waals surface area contributed by atoms with Crippen molar-refractivity contribution in [3.63, 3.8) is 0 Å². The van der Waals surface area contributed by atoms with Crippen LogP contribution in [0.25, 0.3) is 0 Å². The van der Waals surface area contributed by atoms with E-state index in [4.69, 9.17) is 0 Å². The lowest BCUT2D eigenvalue weighted by atomic mass is 9.97. The molecular formula is C10H14O. The molecule has 60 valence electrons. The molecule has 2 aliphatic rings. The SMILES string of the molecule is O=C1CCCC2CCC=C2C1. The number of carbonyl (C=O) groups excluding carboxylic acids is 1. The highest BCUT2D eigenvalue weighted by atomic mass is 16.1. The minimum absolute atomic E-state index is 0.459. The number of rotatable bonds is 0. The molecule has 0 aliphatic heterocycles. The molecule has 1 unspecified atom stereocenters. The van der Waals surface area contributed by atoms with Crippen molar-refractivity contribution in [2.75, 3.05) is 0 Å². The third kappa shape index (κ3) is 1.37. The second-order valence-corrected chi connectivity index (χ2v) is 3.66. The fraction of sp³-hybridized carbons (Fsp3) is 0.700. The minimum atomic E-state index is 0.459. The molecule has 0 aromatic carbocycles. The molecule has 11 heavy (non-hydrogen) atoms. The van der Waals surface area contributed by atoms with Crippen LogP contribution in [0.2, 0.25) is 0 Å². The van der Waals surface area contributed by atoms with Crippen LogP contribution in [0.5, 0.6) is 0 Å². The maximum atomic E-state index is 11.2. The van der Waals surface area contributed by atoms with Crippen LogP contribution in [0.4, 0.5) is 0 Å². The highest BCUT2D eigenvalue weighted by Gasteiger charge is 2.23. The van der Waals surface area contributed by atoms with Gasteiger partial charge in [0.05, 0.1) is 0 Å². The van der Waals surface area contributed by atoms with Gasteiger partial charge in [0.1, 0.15) is 5.78 Å². The van der Waals surface area contributed by atoms with Gasteiger partial charge in [-0.3, -0.25) is 4.79 Å². The zero-order chi connectivity index (χ0) is 7.68. The average molecular weight is 150 g/mol. The third-order valence-corrected chi connectivity index (χ3v) is 2.86. The molecule has 0 bridgehead atoms. The van der Waals surface area contributed by atoms with Crippen LogP contribution in [0.15, 0.2) is 11.6 Å². The number of Topliss-reactive ketones (excluding diaryl/α,β-unsaturated/α-hetero) is 1. The van der Waals surface area contributed by atoms with Crippen LogP contribution >= 0.6 is 0 Å². The van der Waals surface area contributed by atoms with Gasteiger partial charge >= 0.3 is 0 Å². The first-order chi connectivity index (χ1) is 5.36. The lowest BCUT2D eigenvalue weighted by molar-refractivity contribution is -0.118. The number of carbonyl (C=O) groups is 1. The Kier molecular flexibility index (Phi) is 1.80. The van der Waals surface area contributed by atoms with Crippen molar-refractivity contribution in [1.82, 2.24) is 0 Å². The van der Waals surface area contributed by atoms with E-state index >= 15 is 0 Å². The number of hydrogen-bond donors (Lipinski definition) is 0. The van der Waals surface area contributed by atoms with Crippen molar-refractivity contribution in [3.8, 4) is 0 Å². The molecule has 2 rings (SSSR count). The Labute approximate surface area is 67.5 Å². The largest absolute Gasteiger partial charge is 0.299 e. The van der Waals surface area contributed by atoms with E-state index in [9.17, 15) is 4.79 Å². The van der Waals surface area contributed by atoms with E-state index in [1.807, 2.05) is 0 Å².